The summed E-state index contributed by atoms with van der Waals surface area (Å²) in [5, 5.41) is 8.76. The van der Waals surface area contributed by atoms with Crippen molar-refractivity contribution in [3.05, 3.63) is 47.8 Å². The molecule has 16 heavy (non-hydrogen) atoms. The van der Waals surface area contributed by atoms with E-state index in [2.05, 4.69) is 0 Å². The predicted molar refractivity (Wildman–Crippen MR) is 54.8 cm³/mol. The zero-order valence-corrected chi connectivity index (χ0v) is 8.11. The van der Waals surface area contributed by atoms with Gasteiger partial charge in [-0.15, -0.1) is 0 Å². The second kappa shape index (κ2) is 3.66. The third-order valence-corrected chi connectivity index (χ3v) is 2.14. The molecule has 0 aliphatic heterocycles. The average molecular weight is 219 g/mol. The van der Waals surface area contributed by atoms with Crippen LogP contribution in [-0.2, 0) is 0 Å². The van der Waals surface area contributed by atoms with Gasteiger partial charge in [-0.1, -0.05) is 0 Å². The molecule has 0 radical (unpaired) electrons. The normalized spacial score (nSPS) is 10.1. The van der Waals surface area contributed by atoms with Crippen molar-refractivity contribution in [3.8, 4) is 11.8 Å². The van der Waals surface area contributed by atoms with Gasteiger partial charge in [-0.3, -0.25) is 0 Å². The highest BCUT2D eigenvalue weighted by Crippen LogP contribution is 2.22. The van der Waals surface area contributed by atoms with E-state index in [0.717, 1.165) is 16.7 Å². The molecule has 0 aliphatic carbocycles. The van der Waals surface area contributed by atoms with E-state index in [1.807, 2.05) is 6.07 Å². The highest BCUT2D eigenvalue weighted by molar-refractivity contribution is 5.49. The number of benzene rings is 1. The Morgan fingerprint density at radius 2 is 1.88 bits per heavy atom. The summed E-state index contributed by atoms with van der Waals surface area (Å²) in [6.45, 7) is 0. The molecule has 0 fully saturated rings. The van der Waals surface area contributed by atoms with Crippen LogP contribution in [-0.4, -0.2) is 4.57 Å². The maximum Gasteiger partial charge on any atom is 0.152 e. The molecule has 0 bridgehead atoms. The number of nitrogens with two attached hydrogens (primary N) is 1. The topological polar surface area (TPSA) is 54.7 Å². The first-order chi connectivity index (χ1) is 7.63. The van der Waals surface area contributed by atoms with Gasteiger partial charge < -0.3 is 10.3 Å². The zero-order valence-electron chi connectivity index (χ0n) is 8.11. The van der Waals surface area contributed by atoms with E-state index < -0.39 is 11.6 Å². The van der Waals surface area contributed by atoms with Crippen LogP contribution in [0.15, 0.2) is 30.5 Å². The summed E-state index contributed by atoms with van der Waals surface area (Å²) in [7, 11) is 0. The number of rotatable bonds is 1. The van der Waals surface area contributed by atoms with Crippen LogP contribution in [0.25, 0.3) is 5.69 Å². The molecule has 0 saturated heterocycles. The summed E-state index contributed by atoms with van der Waals surface area (Å²) in [6.07, 6.45) is 1.41. The fourth-order valence-electron chi connectivity index (χ4n) is 1.48. The summed E-state index contributed by atoms with van der Waals surface area (Å²) in [6, 6.07) is 6.87. The van der Waals surface area contributed by atoms with Crippen LogP contribution in [0.5, 0.6) is 0 Å². The summed E-state index contributed by atoms with van der Waals surface area (Å²) in [4.78, 5) is 0. The van der Waals surface area contributed by atoms with E-state index in [1.54, 1.807) is 0 Å². The molecule has 0 spiro atoms. The van der Waals surface area contributed by atoms with Crippen molar-refractivity contribution in [1.82, 2.24) is 4.57 Å². The number of halogens is 2. The second-order valence-corrected chi connectivity index (χ2v) is 3.21. The molecule has 1 aromatic heterocycles. The zero-order chi connectivity index (χ0) is 11.7. The first kappa shape index (κ1) is 10.2. The van der Waals surface area contributed by atoms with E-state index in [0.29, 0.717) is 0 Å². The fourth-order valence-corrected chi connectivity index (χ4v) is 1.48. The van der Waals surface area contributed by atoms with Crippen LogP contribution in [0, 0.1) is 23.0 Å². The van der Waals surface area contributed by atoms with Gasteiger partial charge in [0.15, 0.2) is 11.6 Å². The number of anilines is 1. The Balaban J connectivity index is 2.70. The van der Waals surface area contributed by atoms with Crippen molar-refractivity contribution < 1.29 is 8.78 Å². The van der Waals surface area contributed by atoms with E-state index in [-0.39, 0.29) is 17.1 Å². The molecule has 0 amide bonds. The van der Waals surface area contributed by atoms with Crippen molar-refractivity contribution in [2.75, 3.05) is 5.73 Å². The van der Waals surface area contributed by atoms with Crippen LogP contribution in [0.4, 0.5) is 14.5 Å². The number of hydrogen-bond acceptors (Lipinski definition) is 2. The number of nitrogen functional groups attached to an aromatic ring is 1. The smallest absolute Gasteiger partial charge is 0.152 e. The van der Waals surface area contributed by atoms with E-state index in [4.69, 9.17) is 11.0 Å². The van der Waals surface area contributed by atoms with Gasteiger partial charge in [0.25, 0.3) is 0 Å². The molecule has 2 N–H and O–H groups in total. The lowest BCUT2D eigenvalue weighted by atomic mass is 10.2. The van der Waals surface area contributed by atoms with Gasteiger partial charge in [-0.05, 0) is 24.3 Å². The Kier molecular flexibility index (Phi) is 2.33. The average Bonchev–Trinajstić information content (AvgIpc) is 2.64. The van der Waals surface area contributed by atoms with Gasteiger partial charge in [0, 0.05) is 11.9 Å². The molecule has 0 atom stereocenters. The second-order valence-electron chi connectivity index (χ2n) is 3.21. The molecular formula is C11H7F2N3. The predicted octanol–water partition coefficient (Wildman–Crippen LogP) is 2.21. The Morgan fingerprint density at radius 3 is 2.44 bits per heavy atom. The number of aromatic nitrogens is 1. The first-order valence-electron chi connectivity index (χ1n) is 4.46. The monoisotopic (exact) mass is 219 g/mol. The third kappa shape index (κ3) is 1.50. The molecular weight excluding hydrogens is 212 g/mol. The van der Waals surface area contributed by atoms with Crippen LogP contribution in [0.3, 0.4) is 0 Å². The van der Waals surface area contributed by atoms with Gasteiger partial charge in [0.05, 0.1) is 0 Å². The molecule has 2 aromatic rings. The lowest BCUT2D eigenvalue weighted by molar-refractivity contribution is 0.570. The molecule has 80 valence electrons. The number of nitriles is 1. The van der Waals surface area contributed by atoms with Crippen molar-refractivity contribution in [2.24, 2.45) is 0 Å². The maximum atomic E-state index is 13.5. The van der Waals surface area contributed by atoms with Crippen molar-refractivity contribution in [1.29, 1.82) is 5.26 Å². The maximum absolute atomic E-state index is 13.5. The fraction of sp³-hybridized carbons (Fsp3) is 0. The third-order valence-electron chi connectivity index (χ3n) is 2.14. The summed E-state index contributed by atoms with van der Waals surface area (Å²) in [5.41, 5.74) is 5.16. The molecule has 0 unspecified atom stereocenters. The quantitative estimate of drug-likeness (QED) is 0.747. The van der Waals surface area contributed by atoms with Crippen molar-refractivity contribution >= 4 is 5.69 Å². The molecule has 2 rings (SSSR count). The highest BCUT2D eigenvalue weighted by atomic mass is 19.1. The van der Waals surface area contributed by atoms with Crippen molar-refractivity contribution in [2.45, 2.75) is 0 Å². The van der Waals surface area contributed by atoms with Gasteiger partial charge in [0.1, 0.15) is 17.5 Å². The molecule has 1 heterocycles. The van der Waals surface area contributed by atoms with E-state index >= 15 is 0 Å². The first-order valence-corrected chi connectivity index (χ1v) is 4.46. The van der Waals surface area contributed by atoms with Crippen molar-refractivity contribution in [3.63, 3.8) is 0 Å². The molecule has 0 saturated carbocycles. The van der Waals surface area contributed by atoms with Crippen LogP contribution < -0.4 is 5.73 Å². The standard InChI is InChI=1S/C11H7F2N3/c12-9-4-7(15)5-10(13)11(9)16-3-1-2-8(16)6-14/h1-5H,15H2. The van der Waals surface area contributed by atoms with Gasteiger partial charge in [0.2, 0.25) is 0 Å². The molecule has 5 heteroatoms. The molecule has 0 aliphatic rings. The minimum Gasteiger partial charge on any atom is -0.399 e. The minimum absolute atomic E-state index is 0.00409. The molecule has 1 aromatic carbocycles. The van der Waals surface area contributed by atoms with Crippen LogP contribution in [0.2, 0.25) is 0 Å². The van der Waals surface area contributed by atoms with Gasteiger partial charge in [-0.25, -0.2) is 8.78 Å². The number of nitrogens with zero attached hydrogens (tertiary/aromatic N) is 2. The number of hydrogen-bond donors (Lipinski definition) is 1. The Labute approximate surface area is 90.3 Å². The summed E-state index contributed by atoms with van der Waals surface area (Å²) < 4.78 is 28.2. The Bertz CT molecular complexity index is 558. The lowest BCUT2D eigenvalue weighted by Crippen LogP contribution is -2.03. The van der Waals surface area contributed by atoms with Crippen LogP contribution >= 0.6 is 0 Å². The largest absolute Gasteiger partial charge is 0.399 e. The SMILES string of the molecule is N#Cc1cccn1-c1c(F)cc(N)cc1F. The van der Waals surface area contributed by atoms with Crippen LogP contribution in [0.1, 0.15) is 5.69 Å². The molecule has 3 nitrogen and oxygen atoms in total. The minimum atomic E-state index is -0.801. The Morgan fingerprint density at radius 1 is 1.25 bits per heavy atom. The summed E-state index contributed by atoms with van der Waals surface area (Å²) in [5.74, 6) is -1.60. The lowest BCUT2D eigenvalue weighted by Gasteiger charge is -2.08. The summed E-state index contributed by atoms with van der Waals surface area (Å²) >= 11 is 0. The van der Waals surface area contributed by atoms with Gasteiger partial charge in [-0.2, -0.15) is 5.26 Å². The van der Waals surface area contributed by atoms with Gasteiger partial charge >= 0.3 is 0 Å². The van der Waals surface area contributed by atoms with E-state index in [1.165, 1.54) is 18.3 Å². The van der Waals surface area contributed by atoms with E-state index in [9.17, 15) is 8.78 Å². The Hall–Kier alpha value is -2.35. The highest BCUT2D eigenvalue weighted by Gasteiger charge is 2.14.